The number of thiophene rings is 1. The molecular formula is C41H26N4S. The van der Waals surface area contributed by atoms with Crippen molar-refractivity contribution in [1.29, 1.82) is 0 Å². The second-order valence-corrected chi connectivity index (χ2v) is 12.4. The molecule has 0 radical (unpaired) electrons. The summed E-state index contributed by atoms with van der Waals surface area (Å²) in [5, 5.41) is 2.44. The third-order valence-corrected chi connectivity index (χ3v) is 9.64. The lowest BCUT2D eigenvalue weighted by atomic mass is 10.1. The van der Waals surface area contributed by atoms with E-state index in [2.05, 4.69) is 102 Å². The SMILES string of the molecule is c1ccc(-c2cccc(-n3c4ccccc4c4sc5ccc(-c6nc(-c7ccccc7)nc(-c7ccccc7)n6)cc5c43)c2)cc1. The highest BCUT2D eigenvalue weighted by Crippen LogP contribution is 2.43. The van der Waals surface area contributed by atoms with Crippen molar-refractivity contribution < 1.29 is 0 Å². The number of hydrogen-bond donors (Lipinski definition) is 0. The Labute approximate surface area is 269 Å². The maximum absolute atomic E-state index is 5.01. The van der Waals surface area contributed by atoms with Crippen molar-refractivity contribution in [2.24, 2.45) is 0 Å². The molecule has 0 spiro atoms. The Bertz CT molecular complexity index is 2460. The summed E-state index contributed by atoms with van der Waals surface area (Å²) in [7, 11) is 0. The van der Waals surface area contributed by atoms with E-state index in [9.17, 15) is 0 Å². The number of benzene rings is 6. The number of fused-ring (bicyclic) bond motifs is 5. The lowest BCUT2D eigenvalue weighted by Crippen LogP contribution is -2.00. The van der Waals surface area contributed by atoms with Gasteiger partial charge in [0.1, 0.15) is 0 Å². The van der Waals surface area contributed by atoms with Crippen molar-refractivity contribution in [3.05, 3.63) is 158 Å². The van der Waals surface area contributed by atoms with Gasteiger partial charge in [0.05, 0.1) is 15.7 Å². The molecule has 216 valence electrons. The highest BCUT2D eigenvalue weighted by Gasteiger charge is 2.20. The van der Waals surface area contributed by atoms with E-state index in [4.69, 9.17) is 15.0 Å². The summed E-state index contributed by atoms with van der Waals surface area (Å²) in [6, 6.07) is 54.9. The summed E-state index contributed by atoms with van der Waals surface area (Å²) >= 11 is 1.84. The van der Waals surface area contributed by atoms with Crippen LogP contribution in [0.25, 0.3) is 82.2 Å². The third-order valence-electron chi connectivity index (χ3n) is 8.44. The summed E-state index contributed by atoms with van der Waals surface area (Å²) in [6.45, 7) is 0. The zero-order chi connectivity index (χ0) is 30.5. The zero-order valence-corrected chi connectivity index (χ0v) is 25.5. The molecule has 9 aromatic rings. The second-order valence-electron chi connectivity index (χ2n) is 11.3. The zero-order valence-electron chi connectivity index (χ0n) is 24.7. The first-order valence-corrected chi connectivity index (χ1v) is 16.1. The Morgan fingerprint density at radius 3 is 1.65 bits per heavy atom. The van der Waals surface area contributed by atoms with Crippen LogP contribution in [0.1, 0.15) is 0 Å². The fraction of sp³-hybridized carbons (Fsp3) is 0. The van der Waals surface area contributed by atoms with Gasteiger partial charge in [0.2, 0.25) is 0 Å². The van der Waals surface area contributed by atoms with Gasteiger partial charge in [0, 0.05) is 37.9 Å². The van der Waals surface area contributed by atoms with Crippen LogP contribution >= 0.6 is 11.3 Å². The van der Waals surface area contributed by atoms with E-state index in [0.717, 1.165) is 22.4 Å². The molecule has 0 atom stereocenters. The predicted octanol–water partition coefficient (Wildman–Crippen LogP) is 10.9. The molecule has 3 aromatic heterocycles. The molecule has 0 aliphatic rings. The van der Waals surface area contributed by atoms with Crippen LogP contribution in [0.2, 0.25) is 0 Å². The van der Waals surface area contributed by atoms with Crippen LogP contribution in [-0.2, 0) is 0 Å². The quantitative estimate of drug-likeness (QED) is 0.196. The first kappa shape index (κ1) is 26.5. The van der Waals surface area contributed by atoms with Crippen molar-refractivity contribution in [3.63, 3.8) is 0 Å². The molecule has 5 heteroatoms. The van der Waals surface area contributed by atoms with Crippen LogP contribution in [0.15, 0.2) is 158 Å². The Kier molecular flexibility index (Phi) is 6.28. The third kappa shape index (κ3) is 4.48. The first-order chi connectivity index (χ1) is 22.8. The number of hydrogen-bond acceptors (Lipinski definition) is 4. The van der Waals surface area contributed by atoms with Crippen LogP contribution in [0, 0.1) is 0 Å². The van der Waals surface area contributed by atoms with Crippen LogP contribution in [0.3, 0.4) is 0 Å². The number of aromatic nitrogens is 4. The van der Waals surface area contributed by atoms with Gasteiger partial charge in [0.25, 0.3) is 0 Å². The van der Waals surface area contributed by atoms with Crippen LogP contribution in [-0.4, -0.2) is 19.5 Å². The molecule has 0 saturated carbocycles. The maximum Gasteiger partial charge on any atom is 0.164 e. The van der Waals surface area contributed by atoms with E-state index in [1.807, 2.05) is 72.0 Å². The first-order valence-electron chi connectivity index (χ1n) is 15.3. The molecule has 0 aliphatic heterocycles. The second kappa shape index (κ2) is 10.9. The van der Waals surface area contributed by atoms with Crippen molar-refractivity contribution >= 4 is 42.5 Å². The molecule has 0 fully saturated rings. The molecule has 0 N–H and O–H groups in total. The Balaban J connectivity index is 1.28. The van der Waals surface area contributed by atoms with Gasteiger partial charge >= 0.3 is 0 Å². The Morgan fingerprint density at radius 2 is 0.978 bits per heavy atom. The van der Waals surface area contributed by atoms with E-state index in [1.54, 1.807) is 0 Å². The van der Waals surface area contributed by atoms with Gasteiger partial charge in [-0.2, -0.15) is 0 Å². The van der Waals surface area contributed by atoms with E-state index in [-0.39, 0.29) is 0 Å². The lowest BCUT2D eigenvalue weighted by molar-refractivity contribution is 1.07. The summed E-state index contributed by atoms with van der Waals surface area (Å²) in [4.78, 5) is 14.9. The van der Waals surface area contributed by atoms with Crippen molar-refractivity contribution in [3.8, 4) is 51.0 Å². The van der Waals surface area contributed by atoms with E-state index >= 15 is 0 Å². The van der Waals surface area contributed by atoms with Gasteiger partial charge in [0.15, 0.2) is 17.5 Å². The molecular weight excluding hydrogens is 581 g/mol. The molecule has 3 heterocycles. The summed E-state index contributed by atoms with van der Waals surface area (Å²) in [5.74, 6) is 1.97. The monoisotopic (exact) mass is 606 g/mol. The van der Waals surface area contributed by atoms with Crippen molar-refractivity contribution in [2.75, 3.05) is 0 Å². The Hall–Kier alpha value is -5.91. The topological polar surface area (TPSA) is 43.6 Å². The molecule has 0 aliphatic carbocycles. The number of rotatable bonds is 5. The van der Waals surface area contributed by atoms with Crippen LogP contribution in [0.5, 0.6) is 0 Å². The van der Waals surface area contributed by atoms with Gasteiger partial charge in [-0.05, 0) is 47.5 Å². The van der Waals surface area contributed by atoms with E-state index in [0.29, 0.717) is 17.5 Å². The molecule has 0 saturated heterocycles. The van der Waals surface area contributed by atoms with E-state index in [1.165, 1.54) is 42.3 Å². The minimum atomic E-state index is 0.655. The van der Waals surface area contributed by atoms with E-state index < -0.39 is 0 Å². The summed E-state index contributed by atoms with van der Waals surface area (Å²) in [5.41, 5.74) is 8.80. The fourth-order valence-electron chi connectivity index (χ4n) is 6.27. The summed E-state index contributed by atoms with van der Waals surface area (Å²) in [6.07, 6.45) is 0. The maximum atomic E-state index is 5.01. The fourth-order valence-corrected chi connectivity index (χ4v) is 7.47. The van der Waals surface area contributed by atoms with Gasteiger partial charge in [-0.3, -0.25) is 0 Å². The van der Waals surface area contributed by atoms with Gasteiger partial charge < -0.3 is 4.57 Å². The molecule has 0 amide bonds. The van der Waals surface area contributed by atoms with Crippen LogP contribution < -0.4 is 0 Å². The van der Waals surface area contributed by atoms with Gasteiger partial charge in [-0.15, -0.1) is 11.3 Å². The normalized spacial score (nSPS) is 11.5. The summed E-state index contributed by atoms with van der Waals surface area (Å²) < 4.78 is 4.92. The van der Waals surface area contributed by atoms with Gasteiger partial charge in [-0.25, -0.2) is 15.0 Å². The predicted molar refractivity (Wildman–Crippen MR) is 191 cm³/mol. The minimum absolute atomic E-state index is 0.655. The molecule has 9 rings (SSSR count). The highest BCUT2D eigenvalue weighted by atomic mass is 32.1. The van der Waals surface area contributed by atoms with Crippen molar-refractivity contribution in [2.45, 2.75) is 0 Å². The molecule has 46 heavy (non-hydrogen) atoms. The Morgan fingerprint density at radius 1 is 0.413 bits per heavy atom. The van der Waals surface area contributed by atoms with Crippen LogP contribution in [0.4, 0.5) is 0 Å². The lowest BCUT2D eigenvalue weighted by Gasteiger charge is -2.11. The number of nitrogens with zero attached hydrogens (tertiary/aromatic N) is 4. The van der Waals surface area contributed by atoms with Gasteiger partial charge in [-0.1, -0.05) is 121 Å². The van der Waals surface area contributed by atoms with Crippen molar-refractivity contribution in [1.82, 2.24) is 19.5 Å². The highest BCUT2D eigenvalue weighted by molar-refractivity contribution is 7.26. The minimum Gasteiger partial charge on any atom is -0.308 e. The largest absolute Gasteiger partial charge is 0.308 e. The molecule has 4 nitrogen and oxygen atoms in total. The average Bonchev–Trinajstić information content (AvgIpc) is 3.67. The smallest absolute Gasteiger partial charge is 0.164 e. The number of para-hydroxylation sites is 1. The standard InChI is InChI=1S/C41H26N4S/c1-4-13-27(14-5-1)30-19-12-20-32(25-30)45-35-22-11-10-21-33(35)38-37(45)34-26-31(23-24-36(34)46-38)41-43-39(28-15-6-2-7-16-28)42-40(44-41)29-17-8-3-9-18-29/h1-26H. The molecule has 0 bridgehead atoms. The molecule has 0 unspecified atom stereocenters. The molecule has 6 aromatic carbocycles. The average molecular weight is 607 g/mol.